The van der Waals surface area contributed by atoms with Crippen LogP contribution >= 0.6 is 0 Å². The summed E-state index contributed by atoms with van der Waals surface area (Å²) in [4.78, 5) is 25.0. The summed E-state index contributed by atoms with van der Waals surface area (Å²) in [6.45, 7) is 4.59. The molecular formula is C17H23FN2O6S. The van der Waals surface area contributed by atoms with Gasteiger partial charge in [0.25, 0.3) is 0 Å². The Morgan fingerprint density at radius 1 is 1.22 bits per heavy atom. The van der Waals surface area contributed by atoms with Gasteiger partial charge in [-0.3, -0.25) is 4.79 Å². The molecule has 1 atom stereocenters. The molecule has 1 amide bonds. The summed E-state index contributed by atoms with van der Waals surface area (Å²) in [5.74, 6) is -2.31. The first-order valence-electron chi connectivity index (χ1n) is 8.34. The van der Waals surface area contributed by atoms with E-state index in [0.29, 0.717) is 5.56 Å². The number of sulfonamides is 1. The van der Waals surface area contributed by atoms with Crippen molar-refractivity contribution in [1.82, 2.24) is 9.21 Å². The number of amides is 1. The van der Waals surface area contributed by atoms with Gasteiger partial charge in [0, 0.05) is 13.1 Å². The second kappa shape index (κ2) is 7.81. The van der Waals surface area contributed by atoms with E-state index in [9.17, 15) is 27.5 Å². The molecule has 1 saturated heterocycles. The van der Waals surface area contributed by atoms with Gasteiger partial charge < -0.3 is 14.7 Å². The van der Waals surface area contributed by atoms with Crippen LogP contribution in [0, 0.1) is 5.82 Å². The maximum absolute atomic E-state index is 13.0. The molecule has 1 unspecified atom stereocenters. The van der Waals surface area contributed by atoms with Crippen LogP contribution in [0.1, 0.15) is 26.3 Å². The Bertz CT molecular complexity index is 804. The van der Waals surface area contributed by atoms with Gasteiger partial charge in [-0.05, 0) is 38.5 Å². The minimum atomic E-state index is -3.98. The van der Waals surface area contributed by atoms with Crippen molar-refractivity contribution in [2.24, 2.45) is 0 Å². The summed E-state index contributed by atoms with van der Waals surface area (Å²) < 4.78 is 44.5. The molecule has 0 aliphatic carbocycles. The summed E-state index contributed by atoms with van der Waals surface area (Å²) in [5, 5.41) is 9.47. The molecule has 2 rings (SSSR count). The van der Waals surface area contributed by atoms with E-state index in [0.717, 1.165) is 16.4 Å². The second-order valence-electron chi connectivity index (χ2n) is 7.27. The molecule has 0 spiro atoms. The number of piperazine rings is 1. The van der Waals surface area contributed by atoms with Crippen LogP contribution in [-0.2, 0) is 25.3 Å². The first-order valence-corrected chi connectivity index (χ1v) is 9.95. The number of hydrogen-bond acceptors (Lipinski definition) is 5. The van der Waals surface area contributed by atoms with Gasteiger partial charge in [-0.25, -0.2) is 17.6 Å². The molecule has 1 aromatic carbocycles. The Balaban J connectivity index is 2.16. The van der Waals surface area contributed by atoms with Crippen LogP contribution in [0.3, 0.4) is 0 Å². The minimum Gasteiger partial charge on any atom is -0.480 e. The molecule has 8 nitrogen and oxygen atoms in total. The fourth-order valence-electron chi connectivity index (χ4n) is 2.67. The van der Waals surface area contributed by atoms with Crippen molar-refractivity contribution >= 4 is 22.1 Å². The number of hydrogen-bond donors (Lipinski definition) is 1. The average molecular weight is 402 g/mol. The standard InChI is InChI=1S/C17H23FN2O6S/c1-17(2,3)26-16(23)19-8-9-20(14(10-19)15(21)22)27(24,25)11-12-4-6-13(18)7-5-12/h4-7,14H,8-11H2,1-3H3,(H,21,22). The monoisotopic (exact) mass is 402 g/mol. The number of rotatable bonds is 4. The molecule has 27 heavy (non-hydrogen) atoms. The molecule has 1 aliphatic rings. The van der Waals surface area contributed by atoms with Crippen LogP contribution < -0.4 is 0 Å². The maximum Gasteiger partial charge on any atom is 0.410 e. The van der Waals surface area contributed by atoms with Gasteiger partial charge in [-0.1, -0.05) is 12.1 Å². The molecule has 1 aromatic rings. The number of benzene rings is 1. The number of carbonyl (C=O) groups is 2. The first kappa shape index (κ1) is 21.1. The van der Waals surface area contributed by atoms with Crippen molar-refractivity contribution in [2.75, 3.05) is 19.6 Å². The molecule has 1 heterocycles. The first-order chi connectivity index (χ1) is 12.4. The third-order valence-electron chi connectivity index (χ3n) is 3.89. The quantitative estimate of drug-likeness (QED) is 0.821. The lowest BCUT2D eigenvalue weighted by Crippen LogP contribution is -2.59. The third-order valence-corrected chi connectivity index (χ3v) is 5.74. The predicted octanol–water partition coefficient (Wildman–Crippen LogP) is 1.66. The number of carboxylic acids is 1. The maximum atomic E-state index is 13.0. The van der Waals surface area contributed by atoms with E-state index in [1.807, 2.05) is 0 Å². The van der Waals surface area contributed by atoms with Gasteiger partial charge in [0.2, 0.25) is 10.0 Å². The smallest absolute Gasteiger partial charge is 0.410 e. The van der Waals surface area contributed by atoms with Crippen molar-refractivity contribution in [3.05, 3.63) is 35.6 Å². The predicted molar refractivity (Wildman–Crippen MR) is 95.0 cm³/mol. The van der Waals surface area contributed by atoms with E-state index in [1.54, 1.807) is 20.8 Å². The molecule has 0 radical (unpaired) electrons. The SMILES string of the molecule is CC(C)(C)OC(=O)N1CCN(S(=O)(=O)Cc2ccc(F)cc2)C(C(=O)O)C1. The van der Waals surface area contributed by atoms with Gasteiger partial charge in [-0.15, -0.1) is 0 Å². The van der Waals surface area contributed by atoms with Crippen LogP contribution in [0.2, 0.25) is 0 Å². The van der Waals surface area contributed by atoms with E-state index >= 15 is 0 Å². The van der Waals surface area contributed by atoms with Crippen molar-refractivity contribution in [3.63, 3.8) is 0 Å². The largest absolute Gasteiger partial charge is 0.480 e. The van der Waals surface area contributed by atoms with Crippen molar-refractivity contribution in [3.8, 4) is 0 Å². The Hall–Kier alpha value is -2.20. The summed E-state index contributed by atoms with van der Waals surface area (Å²) in [5.41, 5.74) is -0.406. The van der Waals surface area contributed by atoms with Gasteiger partial charge >= 0.3 is 12.1 Å². The zero-order valence-corrected chi connectivity index (χ0v) is 16.2. The van der Waals surface area contributed by atoms with Crippen molar-refractivity contribution < 1.29 is 32.2 Å². The van der Waals surface area contributed by atoms with Crippen molar-refractivity contribution in [1.29, 1.82) is 0 Å². The summed E-state index contributed by atoms with van der Waals surface area (Å²) in [6, 6.07) is 3.52. The van der Waals surface area contributed by atoms with Crippen LogP contribution in [0.25, 0.3) is 0 Å². The zero-order valence-electron chi connectivity index (χ0n) is 15.4. The van der Waals surface area contributed by atoms with Gasteiger partial charge in [-0.2, -0.15) is 4.31 Å². The van der Waals surface area contributed by atoms with Gasteiger partial charge in [0.05, 0.1) is 12.3 Å². The molecule has 0 saturated carbocycles. The summed E-state index contributed by atoms with van der Waals surface area (Å²) in [6.07, 6.45) is -0.690. The fraction of sp³-hybridized carbons (Fsp3) is 0.529. The van der Waals surface area contributed by atoms with E-state index < -0.39 is 45.3 Å². The van der Waals surface area contributed by atoms with Crippen molar-refractivity contribution in [2.45, 2.75) is 38.2 Å². The lowest BCUT2D eigenvalue weighted by atomic mass is 10.2. The molecule has 1 aliphatic heterocycles. The second-order valence-corrected chi connectivity index (χ2v) is 9.20. The number of ether oxygens (including phenoxy) is 1. The Kier molecular flexibility index (Phi) is 6.10. The molecule has 10 heteroatoms. The molecule has 1 fully saturated rings. The number of carboxylic acid groups (broad SMARTS) is 1. The minimum absolute atomic E-state index is 0.0152. The van der Waals surface area contributed by atoms with E-state index in [2.05, 4.69) is 0 Å². The highest BCUT2D eigenvalue weighted by molar-refractivity contribution is 7.88. The molecular weight excluding hydrogens is 379 g/mol. The normalized spacial score (nSPS) is 19.0. The Morgan fingerprint density at radius 2 is 1.81 bits per heavy atom. The van der Waals surface area contributed by atoms with Gasteiger partial charge in [0.1, 0.15) is 17.5 Å². The molecule has 150 valence electrons. The highest BCUT2D eigenvalue weighted by Crippen LogP contribution is 2.20. The van der Waals surface area contributed by atoms with E-state index in [1.165, 1.54) is 17.0 Å². The molecule has 0 bridgehead atoms. The molecule has 0 aromatic heterocycles. The van der Waals surface area contributed by atoms with E-state index in [4.69, 9.17) is 4.74 Å². The Labute approximate surface area is 157 Å². The van der Waals surface area contributed by atoms with Gasteiger partial charge in [0.15, 0.2) is 0 Å². The van der Waals surface area contributed by atoms with Crippen LogP contribution in [0.4, 0.5) is 9.18 Å². The van der Waals surface area contributed by atoms with Crippen LogP contribution in [0.15, 0.2) is 24.3 Å². The topological polar surface area (TPSA) is 104 Å². The lowest BCUT2D eigenvalue weighted by Gasteiger charge is -2.38. The van der Waals surface area contributed by atoms with Crippen LogP contribution in [0.5, 0.6) is 0 Å². The zero-order chi connectivity index (χ0) is 20.4. The number of halogens is 1. The highest BCUT2D eigenvalue weighted by Gasteiger charge is 2.41. The van der Waals surface area contributed by atoms with E-state index in [-0.39, 0.29) is 19.6 Å². The lowest BCUT2D eigenvalue weighted by molar-refractivity contribution is -0.143. The van der Waals surface area contributed by atoms with Crippen LogP contribution in [-0.4, -0.2) is 66.1 Å². The number of aliphatic carboxylic acids is 1. The fourth-order valence-corrected chi connectivity index (χ4v) is 4.35. The molecule has 1 N–H and O–H groups in total. The number of carbonyl (C=O) groups excluding carboxylic acids is 1. The summed E-state index contributed by atoms with van der Waals surface area (Å²) in [7, 11) is -3.98. The third kappa shape index (κ3) is 5.64. The summed E-state index contributed by atoms with van der Waals surface area (Å²) >= 11 is 0. The Morgan fingerprint density at radius 3 is 2.33 bits per heavy atom. The number of nitrogens with zero attached hydrogens (tertiary/aromatic N) is 2. The average Bonchev–Trinajstić information content (AvgIpc) is 2.54. The highest BCUT2D eigenvalue weighted by atomic mass is 32.2.